The van der Waals surface area contributed by atoms with Crippen LogP contribution in [0.4, 0.5) is 0 Å². The van der Waals surface area contributed by atoms with E-state index in [-0.39, 0.29) is 18.1 Å². The quantitative estimate of drug-likeness (QED) is 0.435. The zero-order valence-electron chi connectivity index (χ0n) is 16.9. The maximum absolute atomic E-state index is 10.4. The van der Waals surface area contributed by atoms with Crippen LogP contribution in [0.15, 0.2) is 23.8 Å². The molecule has 2 N–H and O–H groups in total. The first-order valence-electron chi connectivity index (χ1n) is 10.5. The molecule has 2 saturated carbocycles. The lowest BCUT2D eigenvalue weighted by atomic mass is 9.90. The number of unbranched alkanes of at least 4 members (excludes halogenated alkanes) is 2. The van der Waals surface area contributed by atoms with Gasteiger partial charge in [-0.25, -0.2) is 0 Å². The van der Waals surface area contributed by atoms with Gasteiger partial charge in [-0.1, -0.05) is 50.0 Å². The van der Waals surface area contributed by atoms with E-state index >= 15 is 0 Å². The molecule has 0 bridgehead atoms. The molecule has 0 aromatic carbocycles. The van der Waals surface area contributed by atoms with Crippen molar-refractivity contribution in [1.29, 1.82) is 0 Å². The normalized spacial score (nSPS) is 31.4. The number of aliphatic hydroxyl groups is 2. The summed E-state index contributed by atoms with van der Waals surface area (Å²) in [4.78, 5) is 2.13. The highest BCUT2D eigenvalue weighted by atomic mass is 16.5. The van der Waals surface area contributed by atoms with Crippen molar-refractivity contribution in [3.05, 3.63) is 23.8 Å². The van der Waals surface area contributed by atoms with Crippen molar-refractivity contribution in [1.82, 2.24) is 4.90 Å². The number of hydrogen-bond acceptors (Lipinski definition) is 4. The molecule has 2 rings (SSSR count). The van der Waals surface area contributed by atoms with Gasteiger partial charge in [0, 0.05) is 12.5 Å². The fraction of sp³-hybridized carbons (Fsp3) is 0.818. The number of rotatable bonds is 11. The summed E-state index contributed by atoms with van der Waals surface area (Å²) in [5.74, 6) is 1.31. The minimum absolute atomic E-state index is 0.196. The third-order valence-corrected chi connectivity index (χ3v) is 5.94. The second kappa shape index (κ2) is 11.2. The SMILES string of the molecule is CCCCC[C@H](O)/C=C/[C@@H]1[C@H]2C/C(=C/COCCN(C)C)C[C@H]2C[C@H]1O. The Morgan fingerprint density at radius 3 is 2.81 bits per heavy atom. The summed E-state index contributed by atoms with van der Waals surface area (Å²) < 4.78 is 5.69. The maximum atomic E-state index is 10.4. The Hall–Kier alpha value is -0.680. The molecule has 0 amide bonds. The molecule has 0 radical (unpaired) electrons. The van der Waals surface area contributed by atoms with Gasteiger partial charge in [-0.15, -0.1) is 0 Å². The van der Waals surface area contributed by atoms with Crippen LogP contribution >= 0.6 is 0 Å². The van der Waals surface area contributed by atoms with Gasteiger partial charge in [0.1, 0.15) is 0 Å². The summed E-state index contributed by atoms with van der Waals surface area (Å²) in [6.45, 7) is 4.59. The molecule has 150 valence electrons. The van der Waals surface area contributed by atoms with Gasteiger partial charge in [0.25, 0.3) is 0 Å². The van der Waals surface area contributed by atoms with Crippen molar-refractivity contribution in [2.24, 2.45) is 17.8 Å². The Morgan fingerprint density at radius 2 is 2.08 bits per heavy atom. The molecule has 2 fully saturated rings. The number of likely N-dealkylation sites (N-methyl/N-ethyl adjacent to an activating group) is 1. The summed E-state index contributed by atoms with van der Waals surface area (Å²) in [5, 5.41) is 20.5. The standard InChI is InChI=1S/C22H39NO3/c1-4-5-6-7-19(24)8-9-20-21-15-17(14-18(21)16-22(20)25)10-12-26-13-11-23(2)3/h8-10,18-22,24-25H,4-7,11-16H2,1-3H3/b9-8+,17-10+/t18-,19-,20+,21-,22+/m0/s1. The number of allylic oxidation sites excluding steroid dienone is 1. The summed E-state index contributed by atoms with van der Waals surface area (Å²) >= 11 is 0. The van der Waals surface area contributed by atoms with Gasteiger partial charge in [0.2, 0.25) is 0 Å². The van der Waals surface area contributed by atoms with E-state index in [1.807, 2.05) is 6.08 Å². The molecule has 2 aliphatic rings. The first-order valence-corrected chi connectivity index (χ1v) is 10.5. The molecule has 5 atom stereocenters. The van der Waals surface area contributed by atoms with Crippen LogP contribution < -0.4 is 0 Å². The molecule has 2 aliphatic carbocycles. The van der Waals surface area contributed by atoms with Crippen LogP contribution in [0.25, 0.3) is 0 Å². The summed E-state index contributed by atoms with van der Waals surface area (Å²) in [7, 11) is 4.11. The summed E-state index contributed by atoms with van der Waals surface area (Å²) in [5.41, 5.74) is 1.48. The fourth-order valence-electron chi connectivity index (χ4n) is 4.40. The molecular weight excluding hydrogens is 326 g/mol. The molecule has 0 aromatic rings. The Balaban J connectivity index is 1.78. The van der Waals surface area contributed by atoms with Gasteiger partial charge >= 0.3 is 0 Å². The second-order valence-corrected chi connectivity index (χ2v) is 8.40. The highest BCUT2D eigenvalue weighted by Crippen LogP contribution is 2.50. The molecule has 4 heteroatoms. The van der Waals surface area contributed by atoms with Crippen LogP contribution in [0, 0.1) is 17.8 Å². The predicted octanol–water partition coefficient (Wildman–Crippen LogP) is 3.40. The van der Waals surface area contributed by atoms with Crippen molar-refractivity contribution in [3.8, 4) is 0 Å². The Morgan fingerprint density at radius 1 is 1.27 bits per heavy atom. The molecule has 0 heterocycles. The van der Waals surface area contributed by atoms with Crippen molar-refractivity contribution in [2.75, 3.05) is 33.9 Å². The van der Waals surface area contributed by atoms with Gasteiger partial charge in [0.15, 0.2) is 0 Å². The largest absolute Gasteiger partial charge is 0.392 e. The van der Waals surface area contributed by atoms with Gasteiger partial charge in [-0.2, -0.15) is 0 Å². The van der Waals surface area contributed by atoms with Crippen molar-refractivity contribution >= 4 is 0 Å². The number of aliphatic hydroxyl groups excluding tert-OH is 2. The van der Waals surface area contributed by atoms with Crippen LogP contribution in [0.3, 0.4) is 0 Å². The summed E-state index contributed by atoms with van der Waals surface area (Å²) in [6.07, 6.45) is 13.0. The molecule has 0 aromatic heterocycles. The third-order valence-electron chi connectivity index (χ3n) is 5.94. The van der Waals surface area contributed by atoms with Crippen LogP contribution in [0.1, 0.15) is 51.9 Å². The van der Waals surface area contributed by atoms with E-state index in [2.05, 4.69) is 38.1 Å². The third kappa shape index (κ3) is 6.80. The van der Waals surface area contributed by atoms with Crippen molar-refractivity contribution in [2.45, 2.75) is 64.1 Å². The first kappa shape index (κ1) is 21.6. The lowest BCUT2D eigenvalue weighted by Crippen LogP contribution is -2.18. The molecule has 0 spiro atoms. The lowest BCUT2D eigenvalue weighted by Gasteiger charge is -2.17. The summed E-state index contributed by atoms with van der Waals surface area (Å²) in [6, 6.07) is 0. The Labute approximate surface area is 159 Å². The monoisotopic (exact) mass is 365 g/mol. The van der Waals surface area contributed by atoms with E-state index in [1.54, 1.807) is 0 Å². The second-order valence-electron chi connectivity index (χ2n) is 8.40. The zero-order valence-corrected chi connectivity index (χ0v) is 16.9. The minimum Gasteiger partial charge on any atom is -0.392 e. The molecule has 0 aliphatic heterocycles. The topological polar surface area (TPSA) is 52.9 Å². The Bertz CT molecular complexity index is 460. The van der Waals surface area contributed by atoms with Gasteiger partial charge < -0.3 is 19.8 Å². The van der Waals surface area contributed by atoms with Crippen LogP contribution in [0.2, 0.25) is 0 Å². The molecule has 4 nitrogen and oxygen atoms in total. The van der Waals surface area contributed by atoms with E-state index in [0.717, 1.165) is 45.3 Å². The van der Waals surface area contributed by atoms with Gasteiger partial charge in [-0.3, -0.25) is 0 Å². The average molecular weight is 366 g/mol. The maximum Gasteiger partial charge on any atom is 0.0721 e. The lowest BCUT2D eigenvalue weighted by molar-refractivity contribution is 0.137. The van der Waals surface area contributed by atoms with E-state index < -0.39 is 0 Å². The van der Waals surface area contributed by atoms with Crippen molar-refractivity contribution < 1.29 is 14.9 Å². The average Bonchev–Trinajstić information content (AvgIpc) is 3.09. The molecule has 0 saturated heterocycles. The van der Waals surface area contributed by atoms with Crippen LogP contribution in [0.5, 0.6) is 0 Å². The van der Waals surface area contributed by atoms with Crippen molar-refractivity contribution in [3.63, 3.8) is 0 Å². The first-order chi connectivity index (χ1) is 12.5. The van der Waals surface area contributed by atoms with Gasteiger partial charge in [0.05, 0.1) is 25.4 Å². The van der Waals surface area contributed by atoms with E-state index in [0.29, 0.717) is 18.4 Å². The number of hydrogen-bond donors (Lipinski definition) is 2. The number of nitrogens with zero attached hydrogens (tertiary/aromatic N) is 1. The highest BCUT2D eigenvalue weighted by molar-refractivity contribution is 5.18. The minimum atomic E-state index is -0.366. The molecular formula is C22H39NO3. The molecule has 0 unspecified atom stereocenters. The number of fused-ring (bicyclic) bond motifs is 1. The highest BCUT2D eigenvalue weighted by Gasteiger charge is 2.44. The van der Waals surface area contributed by atoms with E-state index in [9.17, 15) is 10.2 Å². The molecule has 26 heavy (non-hydrogen) atoms. The zero-order chi connectivity index (χ0) is 18.9. The van der Waals surface area contributed by atoms with Gasteiger partial charge in [-0.05, 0) is 51.6 Å². The van der Waals surface area contributed by atoms with E-state index in [4.69, 9.17) is 4.74 Å². The van der Waals surface area contributed by atoms with Crippen LogP contribution in [-0.4, -0.2) is 61.2 Å². The Kier molecular flexibility index (Phi) is 9.34. The number of ether oxygens (including phenoxy) is 1. The fourth-order valence-corrected chi connectivity index (χ4v) is 4.40. The van der Waals surface area contributed by atoms with Crippen LogP contribution in [-0.2, 0) is 4.74 Å². The van der Waals surface area contributed by atoms with E-state index in [1.165, 1.54) is 18.4 Å². The smallest absolute Gasteiger partial charge is 0.0721 e. The predicted molar refractivity (Wildman–Crippen MR) is 107 cm³/mol.